The number of rotatable bonds is 1. The topological polar surface area (TPSA) is 55.6 Å². The van der Waals surface area contributed by atoms with E-state index in [-0.39, 0.29) is 23.0 Å². The highest BCUT2D eigenvalue weighted by Crippen LogP contribution is 2.51. The van der Waals surface area contributed by atoms with Crippen LogP contribution in [0.5, 0.6) is 0 Å². The Kier molecular flexibility index (Phi) is 3.65. The molecule has 0 aromatic heterocycles. The first-order valence-corrected chi connectivity index (χ1v) is 7.19. The molecule has 108 valence electrons. The lowest BCUT2D eigenvalue weighted by Gasteiger charge is -2.52. The molecule has 1 fully saturated rings. The standard InChI is InChI=1S/C15H26N2O2/c1-5-19-13(18)17-9-7-11-14(2,3)12(16)6-8-15(11,4)10-17/h7,12H,5-6,8-10,16H2,1-4H3/t12?,15-/m1/s1. The largest absolute Gasteiger partial charge is 0.450 e. The zero-order chi connectivity index (χ0) is 14.3. The van der Waals surface area contributed by atoms with Crippen molar-refractivity contribution in [1.29, 1.82) is 0 Å². The van der Waals surface area contributed by atoms with Crippen molar-refractivity contribution in [3.8, 4) is 0 Å². The Morgan fingerprint density at radius 1 is 1.53 bits per heavy atom. The fraction of sp³-hybridized carbons (Fsp3) is 0.800. The summed E-state index contributed by atoms with van der Waals surface area (Å²) in [6.45, 7) is 10.3. The van der Waals surface area contributed by atoms with Crippen LogP contribution in [0, 0.1) is 10.8 Å². The number of nitrogens with two attached hydrogens (primary N) is 1. The van der Waals surface area contributed by atoms with Crippen LogP contribution in [0.2, 0.25) is 0 Å². The summed E-state index contributed by atoms with van der Waals surface area (Å²) in [6.07, 6.45) is 4.04. The molecule has 2 aliphatic rings. The molecule has 1 aliphatic heterocycles. The summed E-state index contributed by atoms with van der Waals surface area (Å²) in [5.41, 5.74) is 7.76. The zero-order valence-electron chi connectivity index (χ0n) is 12.5. The summed E-state index contributed by atoms with van der Waals surface area (Å²) in [4.78, 5) is 13.7. The predicted molar refractivity (Wildman–Crippen MR) is 75.8 cm³/mol. The molecule has 19 heavy (non-hydrogen) atoms. The van der Waals surface area contributed by atoms with Crippen LogP contribution >= 0.6 is 0 Å². The van der Waals surface area contributed by atoms with Gasteiger partial charge in [0.25, 0.3) is 0 Å². The van der Waals surface area contributed by atoms with Gasteiger partial charge >= 0.3 is 6.09 Å². The van der Waals surface area contributed by atoms with Crippen LogP contribution in [-0.4, -0.2) is 36.7 Å². The molecule has 4 nitrogen and oxygen atoms in total. The fourth-order valence-corrected chi connectivity index (χ4v) is 3.66. The molecule has 0 aromatic carbocycles. The van der Waals surface area contributed by atoms with Gasteiger partial charge in [-0.15, -0.1) is 0 Å². The van der Waals surface area contributed by atoms with Crippen LogP contribution in [0.15, 0.2) is 11.6 Å². The van der Waals surface area contributed by atoms with Crippen LogP contribution in [0.4, 0.5) is 4.79 Å². The van der Waals surface area contributed by atoms with E-state index in [0.717, 1.165) is 19.4 Å². The number of nitrogens with zero attached hydrogens (tertiary/aromatic N) is 1. The van der Waals surface area contributed by atoms with Crippen molar-refractivity contribution in [2.75, 3.05) is 19.7 Å². The average molecular weight is 266 g/mol. The molecule has 2 rings (SSSR count). The maximum atomic E-state index is 11.9. The first-order valence-electron chi connectivity index (χ1n) is 7.19. The van der Waals surface area contributed by atoms with Crippen molar-refractivity contribution in [3.05, 3.63) is 11.6 Å². The van der Waals surface area contributed by atoms with Gasteiger partial charge in [-0.1, -0.05) is 32.4 Å². The second-order valence-corrected chi connectivity index (χ2v) is 6.62. The van der Waals surface area contributed by atoms with Crippen LogP contribution in [0.25, 0.3) is 0 Å². The van der Waals surface area contributed by atoms with Crippen molar-refractivity contribution < 1.29 is 9.53 Å². The Morgan fingerprint density at radius 2 is 2.21 bits per heavy atom. The highest BCUT2D eigenvalue weighted by Gasteiger charge is 2.48. The number of hydrogen-bond donors (Lipinski definition) is 1. The molecule has 1 heterocycles. The minimum Gasteiger partial charge on any atom is -0.450 e. The van der Waals surface area contributed by atoms with Gasteiger partial charge in [0.1, 0.15) is 0 Å². The fourth-order valence-electron chi connectivity index (χ4n) is 3.66. The van der Waals surface area contributed by atoms with Gasteiger partial charge in [0, 0.05) is 30.0 Å². The molecule has 0 saturated heterocycles. The lowest BCUT2D eigenvalue weighted by Crippen LogP contribution is -2.54. The molecule has 0 aromatic rings. The van der Waals surface area contributed by atoms with E-state index in [1.807, 2.05) is 6.92 Å². The molecule has 1 aliphatic carbocycles. The van der Waals surface area contributed by atoms with Crippen molar-refractivity contribution in [2.24, 2.45) is 16.6 Å². The summed E-state index contributed by atoms with van der Waals surface area (Å²) in [5, 5.41) is 0. The molecule has 1 amide bonds. The smallest absolute Gasteiger partial charge is 0.410 e. The number of carbonyl (C=O) groups is 1. The minimum atomic E-state index is -0.202. The predicted octanol–water partition coefficient (Wildman–Crippen LogP) is 2.54. The van der Waals surface area contributed by atoms with Crippen LogP contribution < -0.4 is 5.73 Å². The lowest BCUT2D eigenvalue weighted by molar-refractivity contribution is 0.0713. The highest BCUT2D eigenvalue weighted by atomic mass is 16.6. The van der Waals surface area contributed by atoms with Gasteiger partial charge in [0.15, 0.2) is 0 Å². The Balaban J connectivity index is 2.24. The molecular formula is C15H26N2O2. The second-order valence-electron chi connectivity index (χ2n) is 6.62. The average Bonchev–Trinajstić information content (AvgIpc) is 2.34. The second kappa shape index (κ2) is 4.82. The third-order valence-corrected chi connectivity index (χ3v) is 4.86. The minimum absolute atomic E-state index is 0.0216. The van der Waals surface area contributed by atoms with Crippen molar-refractivity contribution in [2.45, 2.75) is 46.6 Å². The SMILES string of the molecule is CCOC(=O)N1CC=C2C(C)(C)C(N)CC[C@]2(C)C1. The van der Waals surface area contributed by atoms with Crippen molar-refractivity contribution in [3.63, 3.8) is 0 Å². The van der Waals surface area contributed by atoms with E-state index in [1.165, 1.54) is 5.57 Å². The van der Waals surface area contributed by atoms with E-state index in [2.05, 4.69) is 26.8 Å². The molecule has 4 heteroatoms. The molecule has 0 bridgehead atoms. The highest BCUT2D eigenvalue weighted by molar-refractivity contribution is 5.68. The molecular weight excluding hydrogens is 240 g/mol. The van der Waals surface area contributed by atoms with Gasteiger partial charge in [-0.3, -0.25) is 0 Å². The van der Waals surface area contributed by atoms with E-state index >= 15 is 0 Å². The normalized spacial score (nSPS) is 33.4. The Bertz CT molecular complexity index is 403. The third kappa shape index (κ3) is 2.38. The number of amides is 1. The Morgan fingerprint density at radius 3 is 2.84 bits per heavy atom. The van der Waals surface area contributed by atoms with Gasteiger partial charge in [-0.25, -0.2) is 4.79 Å². The third-order valence-electron chi connectivity index (χ3n) is 4.86. The number of fused-ring (bicyclic) bond motifs is 1. The van der Waals surface area contributed by atoms with Crippen molar-refractivity contribution >= 4 is 6.09 Å². The van der Waals surface area contributed by atoms with Crippen LogP contribution in [-0.2, 0) is 4.74 Å². The summed E-state index contributed by atoms with van der Waals surface area (Å²) in [5.74, 6) is 0. The van der Waals surface area contributed by atoms with Crippen LogP contribution in [0.1, 0.15) is 40.5 Å². The van der Waals surface area contributed by atoms with E-state index in [9.17, 15) is 4.79 Å². The van der Waals surface area contributed by atoms with E-state index in [1.54, 1.807) is 4.90 Å². The van der Waals surface area contributed by atoms with Gasteiger partial charge in [0.2, 0.25) is 0 Å². The van der Waals surface area contributed by atoms with Gasteiger partial charge < -0.3 is 15.4 Å². The summed E-state index contributed by atoms with van der Waals surface area (Å²) >= 11 is 0. The van der Waals surface area contributed by atoms with Gasteiger partial charge in [-0.05, 0) is 19.8 Å². The number of hydrogen-bond acceptors (Lipinski definition) is 3. The number of carbonyl (C=O) groups excluding carboxylic acids is 1. The van der Waals surface area contributed by atoms with E-state index in [0.29, 0.717) is 13.2 Å². The van der Waals surface area contributed by atoms with Gasteiger partial charge in [0.05, 0.1) is 6.61 Å². The van der Waals surface area contributed by atoms with E-state index < -0.39 is 0 Å². The zero-order valence-corrected chi connectivity index (χ0v) is 12.5. The molecule has 0 spiro atoms. The molecule has 2 atom stereocenters. The first-order chi connectivity index (χ1) is 8.81. The summed E-state index contributed by atoms with van der Waals surface area (Å²) in [6, 6.07) is 0.209. The maximum Gasteiger partial charge on any atom is 0.410 e. The first kappa shape index (κ1) is 14.4. The molecule has 1 saturated carbocycles. The van der Waals surface area contributed by atoms with Crippen LogP contribution in [0.3, 0.4) is 0 Å². The summed E-state index contributed by atoms with van der Waals surface area (Å²) in [7, 11) is 0. The molecule has 0 radical (unpaired) electrons. The summed E-state index contributed by atoms with van der Waals surface area (Å²) < 4.78 is 5.11. The van der Waals surface area contributed by atoms with Crippen molar-refractivity contribution in [1.82, 2.24) is 4.90 Å². The monoisotopic (exact) mass is 266 g/mol. The lowest BCUT2D eigenvalue weighted by atomic mass is 9.57. The quantitative estimate of drug-likeness (QED) is 0.742. The number of ether oxygens (including phenoxy) is 1. The van der Waals surface area contributed by atoms with E-state index in [4.69, 9.17) is 10.5 Å². The molecule has 1 unspecified atom stereocenters. The Hall–Kier alpha value is -1.03. The maximum absolute atomic E-state index is 11.9. The Labute approximate surface area is 116 Å². The molecule has 2 N–H and O–H groups in total. The van der Waals surface area contributed by atoms with Gasteiger partial charge in [-0.2, -0.15) is 0 Å².